The second-order valence-electron chi connectivity index (χ2n) is 9.30. The molecular formula is C30H34N2O5. The van der Waals surface area contributed by atoms with Gasteiger partial charge in [0.2, 0.25) is 0 Å². The zero-order valence-electron chi connectivity index (χ0n) is 21.8. The highest BCUT2D eigenvalue weighted by Crippen LogP contribution is 2.42. The molecule has 0 spiro atoms. The summed E-state index contributed by atoms with van der Waals surface area (Å²) in [6, 6.07) is 25.4. The van der Waals surface area contributed by atoms with E-state index in [1.54, 1.807) is 0 Å². The Hall–Kier alpha value is -3.84. The lowest BCUT2D eigenvalue weighted by Gasteiger charge is -2.51. The van der Waals surface area contributed by atoms with Crippen molar-refractivity contribution in [3.05, 3.63) is 90.0 Å². The molecule has 7 heteroatoms. The molecule has 0 aromatic heterocycles. The number of benzene rings is 3. The molecule has 0 N–H and O–H groups in total. The molecule has 7 nitrogen and oxygen atoms in total. The summed E-state index contributed by atoms with van der Waals surface area (Å²) >= 11 is 0. The molecule has 0 saturated carbocycles. The molecule has 37 heavy (non-hydrogen) atoms. The molecule has 0 bridgehead atoms. The average molecular weight is 503 g/mol. The molecule has 194 valence electrons. The maximum atomic E-state index is 13.5. The van der Waals surface area contributed by atoms with Crippen LogP contribution in [0.4, 0.5) is 11.4 Å². The van der Waals surface area contributed by atoms with Crippen molar-refractivity contribution >= 4 is 23.3 Å². The molecule has 3 aromatic rings. The van der Waals surface area contributed by atoms with Crippen molar-refractivity contribution in [2.24, 2.45) is 0 Å². The van der Waals surface area contributed by atoms with E-state index in [4.69, 9.17) is 14.2 Å². The number of hydrogen-bond donors (Lipinski definition) is 0. The number of rotatable bonds is 10. The van der Waals surface area contributed by atoms with Crippen molar-refractivity contribution in [1.82, 2.24) is 4.90 Å². The molecule has 0 radical (unpaired) electrons. The maximum Gasteiger partial charge on any atom is 0.335 e. The maximum absolute atomic E-state index is 13.5. The van der Waals surface area contributed by atoms with Crippen LogP contribution < -0.4 is 9.64 Å². The molecule has 4 rings (SSSR count). The van der Waals surface area contributed by atoms with E-state index in [9.17, 15) is 9.59 Å². The first-order chi connectivity index (χ1) is 17.9. The molecule has 1 heterocycles. The number of carbonyl (C=O) groups is 2. The van der Waals surface area contributed by atoms with Gasteiger partial charge < -0.3 is 24.0 Å². The van der Waals surface area contributed by atoms with Gasteiger partial charge in [-0.25, -0.2) is 4.79 Å². The van der Waals surface area contributed by atoms with Crippen molar-refractivity contribution in [2.75, 3.05) is 31.8 Å². The van der Waals surface area contributed by atoms with Crippen LogP contribution in [0, 0.1) is 0 Å². The van der Waals surface area contributed by atoms with Gasteiger partial charge in [0.1, 0.15) is 18.0 Å². The topological polar surface area (TPSA) is 68.3 Å². The molecule has 1 aliphatic rings. The smallest absolute Gasteiger partial charge is 0.335 e. The lowest BCUT2D eigenvalue weighted by Crippen LogP contribution is -2.61. The number of ether oxygens (including phenoxy) is 3. The number of methoxy groups -OCH3 is 1. The third-order valence-corrected chi connectivity index (χ3v) is 6.60. The Balaban J connectivity index is 1.46. The van der Waals surface area contributed by atoms with E-state index < -0.39 is 11.8 Å². The van der Waals surface area contributed by atoms with Gasteiger partial charge in [-0.1, -0.05) is 42.5 Å². The van der Waals surface area contributed by atoms with Crippen molar-refractivity contribution in [3.63, 3.8) is 0 Å². The molecule has 1 unspecified atom stereocenters. The minimum absolute atomic E-state index is 0.0171. The molecular weight excluding hydrogens is 468 g/mol. The summed E-state index contributed by atoms with van der Waals surface area (Å²) in [5, 5.41) is 0. The molecule has 3 aromatic carbocycles. The van der Waals surface area contributed by atoms with Crippen molar-refractivity contribution in [2.45, 2.75) is 39.0 Å². The molecule has 0 saturated heterocycles. The van der Waals surface area contributed by atoms with Gasteiger partial charge in [-0.2, -0.15) is 0 Å². The fourth-order valence-electron chi connectivity index (χ4n) is 4.80. The molecule has 0 aliphatic carbocycles. The van der Waals surface area contributed by atoms with Gasteiger partial charge in [0, 0.05) is 18.7 Å². The van der Waals surface area contributed by atoms with Crippen LogP contribution in [-0.2, 0) is 20.7 Å². The van der Waals surface area contributed by atoms with Gasteiger partial charge in [0.05, 0.1) is 24.9 Å². The predicted molar refractivity (Wildman–Crippen MR) is 143 cm³/mol. The Kier molecular flexibility index (Phi) is 8.14. The minimum atomic E-state index is -0.635. The monoisotopic (exact) mass is 502 g/mol. The standard InChI is InChI=1S/C30H34N2O5/c1-5-36-27(29(34)35-4)21-22-15-17-24(18-16-22)37-20-19-31-28(33)25-13-9-10-14-26(25)32(30(31,2)3)23-11-7-6-8-12-23/h6-18,27H,5,19-21H2,1-4H3. The van der Waals surface area contributed by atoms with Crippen LogP contribution in [-0.4, -0.2) is 55.4 Å². The van der Waals surface area contributed by atoms with Crippen molar-refractivity contribution in [1.29, 1.82) is 0 Å². The summed E-state index contributed by atoms with van der Waals surface area (Å²) in [6.07, 6.45) is -0.212. The Morgan fingerprint density at radius 2 is 1.62 bits per heavy atom. The highest BCUT2D eigenvalue weighted by atomic mass is 16.6. The van der Waals surface area contributed by atoms with Gasteiger partial charge in [-0.05, 0) is 62.7 Å². The number of carbonyl (C=O) groups excluding carboxylic acids is 2. The van der Waals surface area contributed by atoms with E-state index in [1.807, 2.05) is 78.6 Å². The summed E-state index contributed by atoms with van der Waals surface area (Å²) in [5.74, 6) is 0.288. The van der Waals surface area contributed by atoms with E-state index in [2.05, 4.69) is 30.9 Å². The van der Waals surface area contributed by atoms with E-state index in [-0.39, 0.29) is 11.9 Å². The first-order valence-corrected chi connectivity index (χ1v) is 12.5. The number of esters is 1. The second-order valence-corrected chi connectivity index (χ2v) is 9.30. The highest BCUT2D eigenvalue weighted by molar-refractivity contribution is 6.03. The number of hydrogen-bond acceptors (Lipinski definition) is 6. The highest BCUT2D eigenvalue weighted by Gasteiger charge is 2.43. The third-order valence-electron chi connectivity index (χ3n) is 6.60. The largest absolute Gasteiger partial charge is 0.492 e. The third kappa shape index (κ3) is 5.62. The number of fused-ring (bicyclic) bond motifs is 1. The van der Waals surface area contributed by atoms with Crippen LogP contribution in [0.3, 0.4) is 0 Å². The zero-order chi connectivity index (χ0) is 26.4. The van der Waals surface area contributed by atoms with E-state index >= 15 is 0 Å². The van der Waals surface area contributed by atoms with Gasteiger partial charge in [0.15, 0.2) is 6.10 Å². The Labute approximate surface area is 218 Å². The fourth-order valence-corrected chi connectivity index (χ4v) is 4.80. The number of para-hydroxylation sites is 2. The van der Waals surface area contributed by atoms with E-state index in [0.29, 0.717) is 37.5 Å². The number of anilines is 2. The van der Waals surface area contributed by atoms with Crippen LogP contribution in [0.25, 0.3) is 0 Å². The second kappa shape index (κ2) is 11.5. The lowest BCUT2D eigenvalue weighted by molar-refractivity contribution is -0.153. The quantitative estimate of drug-likeness (QED) is 0.354. The summed E-state index contributed by atoms with van der Waals surface area (Å²) in [5.41, 5.74) is 2.92. The van der Waals surface area contributed by atoms with Gasteiger partial charge in [0.25, 0.3) is 5.91 Å². The van der Waals surface area contributed by atoms with E-state index in [0.717, 1.165) is 16.9 Å². The first-order valence-electron chi connectivity index (χ1n) is 12.5. The van der Waals surface area contributed by atoms with Crippen molar-refractivity contribution < 1.29 is 23.8 Å². The number of amides is 1. The van der Waals surface area contributed by atoms with Crippen LogP contribution in [0.1, 0.15) is 36.7 Å². The normalized spacial score (nSPS) is 15.2. The van der Waals surface area contributed by atoms with Crippen LogP contribution in [0.5, 0.6) is 5.75 Å². The van der Waals surface area contributed by atoms with Crippen molar-refractivity contribution in [3.8, 4) is 5.75 Å². The molecule has 1 aliphatic heterocycles. The van der Waals surface area contributed by atoms with Crippen LogP contribution in [0.15, 0.2) is 78.9 Å². The van der Waals surface area contributed by atoms with Crippen LogP contribution >= 0.6 is 0 Å². The number of nitrogens with zero attached hydrogens (tertiary/aromatic N) is 2. The van der Waals surface area contributed by atoms with E-state index in [1.165, 1.54) is 7.11 Å². The average Bonchev–Trinajstić information content (AvgIpc) is 2.91. The lowest BCUT2D eigenvalue weighted by atomic mass is 9.98. The Bertz CT molecular complexity index is 1210. The van der Waals surface area contributed by atoms with Crippen LogP contribution in [0.2, 0.25) is 0 Å². The summed E-state index contributed by atoms with van der Waals surface area (Å²) in [6.45, 7) is 7.14. The SMILES string of the molecule is CCOC(Cc1ccc(OCCN2C(=O)c3ccccc3N(c3ccccc3)C2(C)C)cc1)C(=O)OC. The zero-order valence-corrected chi connectivity index (χ0v) is 21.8. The van der Waals surface area contributed by atoms with Gasteiger partial charge in [-0.15, -0.1) is 0 Å². The Morgan fingerprint density at radius 3 is 2.30 bits per heavy atom. The van der Waals surface area contributed by atoms with Gasteiger partial charge >= 0.3 is 5.97 Å². The molecule has 1 amide bonds. The molecule has 0 fully saturated rings. The summed E-state index contributed by atoms with van der Waals surface area (Å²) in [7, 11) is 1.36. The first kappa shape index (κ1) is 26.2. The molecule has 1 atom stereocenters. The fraction of sp³-hybridized carbons (Fsp3) is 0.333. The Morgan fingerprint density at radius 1 is 0.946 bits per heavy atom. The summed E-state index contributed by atoms with van der Waals surface area (Å²) in [4.78, 5) is 29.5. The minimum Gasteiger partial charge on any atom is -0.492 e. The van der Waals surface area contributed by atoms with Gasteiger partial charge in [-0.3, -0.25) is 4.79 Å². The predicted octanol–water partition coefficient (Wildman–Crippen LogP) is 5.22. The summed E-state index contributed by atoms with van der Waals surface area (Å²) < 4.78 is 16.4.